The number of ether oxygens (including phenoxy) is 1. The quantitative estimate of drug-likeness (QED) is 0.516. The summed E-state index contributed by atoms with van der Waals surface area (Å²) in [5.41, 5.74) is 0. The summed E-state index contributed by atoms with van der Waals surface area (Å²) in [7, 11) is 0. The number of nitrogens with zero attached hydrogens (tertiary/aromatic N) is 1. The van der Waals surface area contributed by atoms with Crippen LogP contribution in [-0.4, -0.2) is 36.1 Å². The lowest BCUT2D eigenvalue weighted by Crippen LogP contribution is -2.49. The third-order valence-electron chi connectivity index (χ3n) is 2.01. The summed E-state index contributed by atoms with van der Waals surface area (Å²) in [4.78, 5) is 12.9. The van der Waals surface area contributed by atoms with Crippen molar-refractivity contribution in [1.29, 1.82) is 0 Å². The van der Waals surface area contributed by atoms with Gasteiger partial charge in [-0.3, -0.25) is 4.79 Å². The summed E-state index contributed by atoms with van der Waals surface area (Å²) < 4.78 is 5.38. The molecule has 0 radical (unpaired) electrons. The van der Waals surface area contributed by atoms with Crippen LogP contribution in [0.2, 0.25) is 0 Å². The largest absolute Gasteiger partial charge is 0.375 e. The van der Waals surface area contributed by atoms with Gasteiger partial charge in [0.2, 0.25) is 5.91 Å². The number of carbonyl (C=O) groups excluding carboxylic acids is 1. The Hall–Kier alpha value is -0.570. The first-order chi connectivity index (χ1) is 5.11. The van der Waals surface area contributed by atoms with Gasteiger partial charge in [-0.2, -0.15) is 0 Å². The van der Waals surface area contributed by atoms with Crippen LogP contribution in [0.3, 0.4) is 0 Å². The fourth-order valence-electron chi connectivity index (χ4n) is 1.34. The van der Waals surface area contributed by atoms with Crippen molar-refractivity contribution < 1.29 is 9.53 Å². The highest BCUT2D eigenvalue weighted by Gasteiger charge is 2.24. The smallest absolute Gasteiger partial charge is 0.219 e. The second kappa shape index (κ2) is 3.22. The molecule has 0 aliphatic carbocycles. The van der Waals surface area contributed by atoms with Crippen LogP contribution in [0.4, 0.5) is 0 Å². The molecule has 3 nitrogen and oxygen atoms in total. The topological polar surface area (TPSA) is 29.5 Å². The standard InChI is InChI=1S/C8H15NO2/c1-6-5-11-7(2)4-9(6)8(3)10/h6-7H,4-5H2,1-3H3/t6-,7-/m0/s1. The number of amides is 1. The molecule has 0 bridgehead atoms. The number of hydrogen-bond donors (Lipinski definition) is 0. The van der Waals surface area contributed by atoms with Crippen molar-refractivity contribution in [2.45, 2.75) is 32.9 Å². The summed E-state index contributed by atoms with van der Waals surface area (Å²) >= 11 is 0. The maximum absolute atomic E-state index is 11.0. The van der Waals surface area contributed by atoms with Crippen LogP contribution in [0.5, 0.6) is 0 Å². The first-order valence-electron chi connectivity index (χ1n) is 4.00. The Labute approximate surface area is 67.3 Å². The molecule has 0 N–H and O–H groups in total. The predicted molar refractivity (Wildman–Crippen MR) is 42.3 cm³/mol. The molecule has 0 aromatic heterocycles. The molecule has 1 aliphatic heterocycles. The van der Waals surface area contributed by atoms with Crippen molar-refractivity contribution in [3.05, 3.63) is 0 Å². The van der Waals surface area contributed by atoms with Crippen LogP contribution < -0.4 is 0 Å². The van der Waals surface area contributed by atoms with Crippen molar-refractivity contribution in [3.63, 3.8) is 0 Å². The van der Waals surface area contributed by atoms with Gasteiger partial charge in [0.1, 0.15) is 0 Å². The summed E-state index contributed by atoms with van der Waals surface area (Å²) in [6, 6.07) is 0.240. The van der Waals surface area contributed by atoms with Crippen LogP contribution in [0, 0.1) is 0 Å². The molecule has 1 aliphatic rings. The average Bonchev–Trinajstić information content (AvgIpc) is 1.94. The zero-order chi connectivity index (χ0) is 8.43. The van der Waals surface area contributed by atoms with E-state index in [0.717, 1.165) is 6.54 Å². The van der Waals surface area contributed by atoms with Gasteiger partial charge in [0.05, 0.1) is 18.8 Å². The molecule has 1 saturated heterocycles. The lowest BCUT2D eigenvalue weighted by molar-refractivity contribution is -0.140. The van der Waals surface area contributed by atoms with Gasteiger partial charge in [0.15, 0.2) is 0 Å². The van der Waals surface area contributed by atoms with Gasteiger partial charge in [-0.1, -0.05) is 0 Å². The Morgan fingerprint density at radius 2 is 2.18 bits per heavy atom. The van der Waals surface area contributed by atoms with Crippen molar-refractivity contribution >= 4 is 5.91 Å². The highest BCUT2D eigenvalue weighted by atomic mass is 16.5. The summed E-state index contributed by atoms with van der Waals surface area (Å²) in [5, 5.41) is 0. The van der Waals surface area contributed by atoms with Gasteiger partial charge >= 0.3 is 0 Å². The van der Waals surface area contributed by atoms with E-state index in [4.69, 9.17) is 4.74 Å². The maximum Gasteiger partial charge on any atom is 0.219 e. The van der Waals surface area contributed by atoms with Gasteiger partial charge in [0.25, 0.3) is 0 Å². The minimum absolute atomic E-state index is 0.146. The predicted octanol–water partition coefficient (Wildman–Crippen LogP) is 0.642. The van der Waals surface area contributed by atoms with Crippen molar-refractivity contribution in [2.24, 2.45) is 0 Å². The Morgan fingerprint density at radius 3 is 2.64 bits per heavy atom. The lowest BCUT2D eigenvalue weighted by atomic mass is 10.2. The molecular formula is C8H15NO2. The molecule has 11 heavy (non-hydrogen) atoms. The first kappa shape index (κ1) is 8.53. The van der Waals surface area contributed by atoms with Crippen LogP contribution in [0.15, 0.2) is 0 Å². The monoisotopic (exact) mass is 157 g/mol. The molecule has 64 valence electrons. The molecule has 0 aromatic carbocycles. The Bertz CT molecular complexity index is 158. The van der Waals surface area contributed by atoms with Gasteiger partial charge in [0, 0.05) is 13.5 Å². The van der Waals surface area contributed by atoms with Gasteiger partial charge in [-0.05, 0) is 13.8 Å². The average molecular weight is 157 g/mol. The number of rotatable bonds is 0. The lowest BCUT2D eigenvalue weighted by Gasteiger charge is -2.36. The Morgan fingerprint density at radius 1 is 1.55 bits per heavy atom. The fourth-order valence-corrected chi connectivity index (χ4v) is 1.34. The SMILES string of the molecule is CC(=O)N1C[C@H](C)OC[C@@H]1C. The molecule has 0 spiro atoms. The van der Waals surface area contributed by atoms with Gasteiger partial charge in [-0.25, -0.2) is 0 Å². The fraction of sp³-hybridized carbons (Fsp3) is 0.875. The molecule has 1 rings (SSSR count). The van der Waals surface area contributed by atoms with Crippen LogP contribution in [0.1, 0.15) is 20.8 Å². The first-order valence-corrected chi connectivity index (χ1v) is 4.00. The van der Waals surface area contributed by atoms with E-state index in [9.17, 15) is 4.79 Å². The maximum atomic E-state index is 11.0. The molecule has 0 saturated carbocycles. The second-order valence-electron chi connectivity index (χ2n) is 3.16. The Balaban J connectivity index is 2.54. The highest BCUT2D eigenvalue weighted by Crippen LogP contribution is 2.10. The molecule has 1 amide bonds. The van der Waals surface area contributed by atoms with E-state index >= 15 is 0 Å². The van der Waals surface area contributed by atoms with Crippen LogP contribution in [-0.2, 0) is 9.53 Å². The van der Waals surface area contributed by atoms with E-state index in [1.807, 2.05) is 18.7 Å². The number of hydrogen-bond acceptors (Lipinski definition) is 2. The molecule has 0 unspecified atom stereocenters. The molecule has 0 aromatic rings. The van der Waals surface area contributed by atoms with E-state index in [1.165, 1.54) is 0 Å². The summed E-state index contributed by atoms with van der Waals surface area (Å²) in [5.74, 6) is 0.146. The molecule has 2 atom stereocenters. The molecule has 1 fully saturated rings. The van der Waals surface area contributed by atoms with E-state index in [2.05, 4.69) is 0 Å². The second-order valence-corrected chi connectivity index (χ2v) is 3.16. The van der Waals surface area contributed by atoms with Gasteiger partial charge < -0.3 is 9.64 Å². The third kappa shape index (κ3) is 1.93. The Kier molecular flexibility index (Phi) is 2.49. The van der Waals surface area contributed by atoms with Crippen molar-refractivity contribution in [3.8, 4) is 0 Å². The summed E-state index contributed by atoms with van der Waals surface area (Å²) in [6.45, 7) is 7.00. The summed E-state index contributed by atoms with van der Waals surface area (Å²) in [6.07, 6.45) is 0.190. The zero-order valence-corrected chi connectivity index (χ0v) is 7.33. The van der Waals surface area contributed by atoms with Gasteiger partial charge in [-0.15, -0.1) is 0 Å². The van der Waals surface area contributed by atoms with Crippen LogP contribution >= 0.6 is 0 Å². The minimum atomic E-state index is 0.146. The van der Waals surface area contributed by atoms with E-state index in [1.54, 1.807) is 6.92 Å². The zero-order valence-electron chi connectivity index (χ0n) is 7.33. The third-order valence-corrected chi connectivity index (χ3v) is 2.01. The molecule has 1 heterocycles. The number of morpholine rings is 1. The van der Waals surface area contributed by atoms with E-state index in [0.29, 0.717) is 6.61 Å². The highest BCUT2D eigenvalue weighted by molar-refractivity contribution is 5.73. The molecule has 3 heteroatoms. The minimum Gasteiger partial charge on any atom is -0.375 e. The normalized spacial score (nSPS) is 32.1. The number of carbonyl (C=O) groups is 1. The van der Waals surface area contributed by atoms with Crippen molar-refractivity contribution in [2.75, 3.05) is 13.2 Å². The van der Waals surface area contributed by atoms with E-state index < -0.39 is 0 Å². The van der Waals surface area contributed by atoms with E-state index in [-0.39, 0.29) is 18.1 Å². The van der Waals surface area contributed by atoms with Crippen molar-refractivity contribution in [1.82, 2.24) is 4.90 Å². The van der Waals surface area contributed by atoms with Crippen LogP contribution in [0.25, 0.3) is 0 Å². The molecular weight excluding hydrogens is 142 g/mol.